The van der Waals surface area contributed by atoms with E-state index in [9.17, 15) is 14.9 Å². The molecule has 2 bridgehead atoms. The molecular weight excluding hydrogens is 308 g/mol. The Hall–Kier alpha value is -2.03. The summed E-state index contributed by atoms with van der Waals surface area (Å²) in [6.45, 7) is 9.40. The molecule has 0 aromatic carbocycles. The third-order valence-corrected chi connectivity index (χ3v) is 5.00. The molecule has 0 N–H and O–H groups in total. The highest BCUT2D eigenvalue weighted by Gasteiger charge is 2.54. The molecule has 24 heavy (non-hydrogen) atoms. The Kier molecular flexibility index (Phi) is 4.93. The predicted octanol–water partition coefficient (Wildman–Crippen LogP) is 3.03. The van der Waals surface area contributed by atoms with Gasteiger partial charge < -0.3 is 14.4 Å². The predicted molar refractivity (Wildman–Crippen MR) is 87.9 cm³/mol. The zero-order valence-corrected chi connectivity index (χ0v) is 14.9. The first kappa shape index (κ1) is 18.3. The number of nitriles is 1. The second-order valence-corrected chi connectivity index (χ2v) is 7.70. The third kappa shape index (κ3) is 3.26. The van der Waals surface area contributed by atoms with Crippen LogP contribution in [0, 0.1) is 22.7 Å². The first-order valence-corrected chi connectivity index (χ1v) is 8.30. The highest BCUT2D eigenvalue weighted by Crippen LogP contribution is 2.50. The van der Waals surface area contributed by atoms with E-state index in [2.05, 4.69) is 12.6 Å². The number of allylic oxidation sites excluding steroid dienone is 1. The molecule has 0 radical (unpaired) electrons. The maximum Gasteiger partial charge on any atom is 0.410 e. The fraction of sp³-hybridized carbons (Fsp3) is 0.722. The molecule has 6 heteroatoms. The molecule has 6 nitrogen and oxygen atoms in total. The van der Waals surface area contributed by atoms with Gasteiger partial charge in [0.1, 0.15) is 5.60 Å². The van der Waals surface area contributed by atoms with Gasteiger partial charge in [-0.15, -0.1) is 6.58 Å². The van der Waals surface area contributed by atoms with Crippen molar-refractivity contribution in [3.8, 4) is 6.07 Å². The number of ether oxygens (including phenoxy) is 2. The highest BCUT2D eigenvalue weighted by molar-refractivity contribution is 5.77. The van der Waals surface area contributed by atoms with E-state index in [-0.39, 0.29) is 18.2 Å². The van der Waals surface area contributed by atoms with E-state index in [1.54, 1.807) is 11.0 Å². The lowest BCUT2D eigenvalue weighted by Gasteiger charge is -2.46. The monoisotopic (exact) mass is 334 g/mol. The highest BCUT2D eigenvalue weighted by atomic mass is 16.6. The van der Waals surface area contributed by atoms with E-state index in [0.717, 1.165) is 12.8 Å². The smallest absolute Gasteiger partial charge is 0.410 e. The summed E-state index contributed by atoms with van der Waals surface area (Å²) in [6, 6.07) is 2.00. The number of carbonyl (C=O) groups excluding carboxylic acids is 2. The van der Waals surface area contributed by atoms with Gasteiger partial charge in [-0.25, -0.2) is 4.79 Å². The van der Waals surface area contributed by atoms with Crippen LogP contribution in [0.15, 0.2) is 12.7 Å². The Morgan fingerprint density at radius 1 is 1.33 bits per heavy atom. The van der Waals surface area contributed by atoms with Crippen molar-refractivity contribution in [2.45, 2.75) is 64.1 Å². The molecule has 3 unspecified atom stereocenters. The van der Waals surface area contributed by atoms with Crippen LogP contribution in [0.2, 0.25) is 0 Å². The summed E-state index contributed by atoms with van der Waals surface area (Å²) in [5, 5.41) is 9.49. The van der Waals surface area contributed by atoms with Crippen LogP contribution in [0.5, 0.6) is 0 Å². The SMILES string of the molecule is C=CC1(C(C#N)C(=O)OC)CC2CCC(C1)N2C(=O)OC(C)(C)C. The van der Waals surface area contributed by atoms with Crippen LogP contribution in [0.4, 0.5) is 4.79 Å². The molecule has 1 amide bonds. The molecule has 2 aliphatic heterocycles. The Morgan fingerprint density at radius 3 is 2.25 bits per heavy atom. The molecular formula is C18H26N2O4. The summed E-state index contributed by atoms with van der Waals surface area (Å²) in [5.41, 5.74) is -1.21. The fourth-order valence-electron chi connectivity index (χ4n) is 3.99. The number of hydrogen-bond acceptors (Lipinski definition) is 5. The van der Waals surface area contributed by atoms with E-state index in [1.165, 1.54) is 7.11 Å². The van der Waals surface area contributed by atoms with Crippen LogP contribution < -0.4 is 0 Å². The first-order valence-electron chi connectivity index (χ1n) is 8.30. The molecule has 0 spiro atoms. The molecule has 2 rings (SSSR count). The van der Waals surface area contributed by atoms with Crippen molar-refractivity contribution in [2.75, 3.05) is 7.11 Å². The van der Waals surface area contributed by atoms with Gasteiger partial charge in [0.05, 0.1) is 13.2 Å². The van der Waals surface area contributed by atoms with Gasteiger partial charge in [-0.3, -0.25) is 4.79 Å². The van der Waals surface area contributed by atoms with Gasteiger partial charge in [-0.2, -0.15) is 5.26 Å². The third-order valence-electron chi connectivity index (χ3n) is 5.00. The van der Waals surface area contributed by atoms with Gasteiger partial charge in [0, 0.05) is 17.5 Å². The van der Waals surface area contributed by atoms with Crippen LogP contribution in [-0.4, -0.2) is 41.8 Å². The topological polar surface area (TPSA) is 79.6 Å². The number of nitrogens with zero attached hydrogens (tertiary/aromatic N) is 2. The lowest BCUT2D eigenvalue weighted by Crippen LogP contribution is -2.53. The number of hydrogen-bond donors (Lipinski definition) is 0. The van der Waals surface area contributed by atoms with E-state index in [4.69, 9.17) is 9.47 Å². The maximum absolute atomic E-state index is 12.5. The van der Waals surface area contributed by atoms with Crippen LogP contribution in [0.3, 0.4) is 0 Å². The van der Waals surface area contributed by atoms with Crippen molar-refractivity contribution in [3.05, 3.63) is 12.7 Å². The number of piperidine rings is 1. The minimum Gasteiger partial charge on any atom is -0.468 e. The zero-order chi connectivity index (χ0) is 18.1. The molecule has 2 heterocycles. The van der Waals surface area contributed by atoms with E-state index in [0.29, 0.717) is 12.8 Å². The van der Waals surface area contributed by atoms with Gasteiger partial charge >= 0.3 is 12.1 Å². The Bertz CT molecular complexity index is 559. The normalized spacial score (nSPS) is 30.2. The van der Waals surface area contributed by atoms with Gasteiger partial charge in [-0.1, -0.05) is 6.08 Å². The molecule has 2 saturated heterocycles. The molecule has 2 fully saturated rings. The van der Waals surface area contributed by atoms with Crippen LogP contribution in [0.25, 0.3) is 0 Å². The van der Waals surface area contributed by atoms with Crippen LogP contribution >= 0.6 is 0 Å². The second kappa shape index (κ2) is 6.46. The van der Waals surface area contributed by atoms with Crippen molar-refractivity contribution in [2.24, 2.45) is 11.3 Å². The van der Waals surface area contributed by atoms with Crippen molar-refractivity contribution in [1.82, 2.24) is 4.90 Å². The number of esters is 1. The first-order chi connectivity index (χ1) is 11.2. The lowest BCUT2D eigenvalue weighted by molar-refractivity contribution is -0.147. The molecule has 2 aliphatic rings. The van der Waals surface area contributed by atoms with Crippen molar-refractivity contribution >= 4 is 12.1 Å². The number of carbonyl (C=O) groups is 2. The minimum absolute atomic E-state index is 0.0443. The van der Waals surface area contributed by atoms with E-state index >= 15 is 0 Å². The minimum atomic E-state index is -0.899. The maximum atomic E-state index is 12.5. The summed E-state index contributed by atoms with van der Waals surface area (Å²) in [4.78, 5) is 26.4. The standard InChI is InChI=1S/C18H26N2O4/c1-6-18(14(11-19)15(21)23-5)9-12-7-8-13(10-18)20(12)16(22)24-17(2,3)4/h6,12-14H,1,7-10H2,2-5H3. The summed E-state index contributed by atoms with van der Waals surface area (Å²) in [7, 11) is 1.29. The lowest BCUT2D eigenvalue weighted by atomic mass is 9.66. The molecule has 132 valence electrons. The molecule has 0 aromatic heterocycles. The molecule has 3 atom stereocenters. The quantitative estimate of drug-likeness (QED) is 0.585. The fourth-order valence-corrected chi connectivity index (χ4v) is 3.99. The average Bonchev–Trinajstić information content (AvgIpc) is 2.78. The van der Waals surface area contributed by atoms with Gasteiger partial charge in [0.2, 0.25) is 0 Å². The number of rotatable bonds is 3. The largest absolute Gasteiger partial charge is 0.468 e. The summed E-state index contributed by atoms with van der Waals surface area (Å²) < 4.78 is 10.3. The summed E-state index contributed by atoms with van der Waals surface area (Å²) >= 11 is 0. The average molecular weight is 334 g/mol. The van der Waals surface area contributed by atoms with Gasteiger partial charge in [0.25, 0.3) is 0 Å². The van der Waals surface area contributed by atoms with Crippen molar-refractivity contribution in [3.63, 3.8) is 0 Å². The van der Waals surface area contributed by atoms with E-state index < -0.39 is 22.9 Å². The van der Waals surface area contributed by atoms with Crippen LogP contribution in [-0.2, 0) is 14.3 Å². The zero-order valence-electron chi connectivity index (χ0n) is 14.9. The Morgan fingerprint density at radius 2 is 1.88 bits per heavy atom. The second-order valence-electron chi connectivity index (χ2n) is 7.70. The molecule has 0 aromatic rings. The van der Waals surface area contributed by atoms with E-state index in [1.807, 2.05) is 20.8 Å². The molecule has 0 aliphatic carbocycles. The summed E-state index contributed by atoms with van der Waals surface area (Å²) in [5.74, 6) is -1.44. The van der Waals surface area contributed by atoms with Crippen molar-refractivity contribution in [1.29, 1.82) is 5.26 Å². The summed E-state index contributed by atoms with van der Waals surface area (Å²) in [6.07, 6.45) is 4.13. The molecule has 0 saturated carbocycles. The van der Waals surface area contributed by atoms with Gasteiger partial charge in [-0.05, 0) is 46.5 Å². The van der Waals surface area contributed by atoms with Gasteiger partial charge in [0.15, 0.2) is 5.92 Å². The number of amides is 1. The van der Waals surface area contributed by atoms with Crippen molar-refractivity contribution < 1.29 is 19.1 Å². The number of fused-ring (bicyclic) bond motifs is 2. The number of methoxy groups -OCH3 is 1. The Balaban J connectivity index is 2.25. The van der Waals surface area contributed by atoms with Crippen LogP contribution in [0.1, 0.15) is 46.5 Å². The Labute approximate surface area is 143 Å².